The molecule has 1 rings (SSSR count). The van der Waals surface area contributed by atoms with Gasteiger partial charge in [0.25, 0.3) is 0 Å². The van der Waals surface area contributed by atoms with Crippen LogP contribution in [0.4, 0.5) is 10.1 Å². The third-order valence-electron chi connectivity index (χ3n) is 2.06. The van der Waals surface area contributed by atoms with Gasteiger partial charge in [0.2, 0.25) is 5.91 Å². The molecule has 0 heterocycles. The van der Waals surface area contributed by atoms with E-state index < -0.39 is 5.82 Å². The van der Waals surface area contributed by atoms with Crippen molar-refractivity contribution in [2.75, 3.05) is 11.9 Å². The fourth-order valence-corrected chi connectivity index (χ4v) is 1.29. The van der Waals surface area contributed by atoms with E-state index in [4.69, 9.17) is 5.73 Å². The average molecular weight is 234 g/mol. The predicted molar refractivity (Wildman–Crippen MR) is 65.9 cm³/mol. The molecule has 0 saturated heterocycles. The largest absolute Gasteiger partial charge is 0.326 e. The molecule has 0 fully saturated rings. The standard InChI is InChI=1S/C13H15FN2O/c1-2-4-13(17)16-11-7-6-10(5-3-8-15)12(14)9-11/h6-7,9H,2,4,8,15H2,1H3,(H,16,17). The first-order chi connectivity index (χ1) is 8.17. The lowest BCUT2D eigenvalue weighted by molar-refractivity contribution is -0.116. The number of benzene rings is 1. The SMILES string of the molecule is CCCC(=O)Nc1ccc(C#CCN)c(F)c1. The number of hydrogen-bond acceptors (Lipinski definition) is 2. The van der Waals surface area contributed by atoms with Crippen molar-refractivity contribution in [3.8, 4) is 11.8 Å². The number of nitrogens with one attached hydrogen (secondary N) is 1. The van der Waals surface area contributed by atoms with E-state index in [2.05, 4.69) is 17.2 Å². The molecule has 0 unspecified atom stereocenters. The number of carbonyl (C=O) groups excluding carboxylic acids is 1. The molecule has 1 amide bonds. The van der Waals surface area contributed by atoms with Gasteiger partial charge < -0.3 is 11.1 Å². The van der Waals surface area contributed by atoms with Crippen molar-refractivity contribution in [2.45, 2.75) is 19.8 Å². The predicted octanol–water partition coefficient (Wildman–Crippen LogP) is 1.87. The van der Waals surface area contributed by atoms with Crippen molar-refractivity contribution in [3.05, 3.63) is 29.6 Å². The number of halogens is 1. The van der Waals surface area contributed by atoms with Crippen LogP contribution in [0, 0.1) is 17.7 Å². The summed E-state index contributed by atoms with van der Waals surface area (Å²) in [6, 6.07) is 4.41. The van der Waals surface area contributed by atoms with Crippen molar-refractivity contribution in [3.63, 3.8) is 0 Å². The van der Waals surface area contributed by atoms with Crippen LogP contribution in [0.5, 0.6) is 0 Å². The fourth-order valence-electron chi connectivity index (χ4n) is 1.29. The van der Waals surface area contributed by atoms with E-state index in [0.29, 0.717) is 12.1 Å². The van der Waals surface area contributed by atoms with E-state index in [9.17, 15) is 9.18 Å². The summed E-state index contributed by atoms with van der Waals surface area (Å²) in [4.78, 5) is 11.3. The Kier molecular flexibility index (Phi) is 5.18. The minimum Gasteiger partial charge on any atom is -0.326 e. The Bertz CT molecular complexity index is 460. The molecule has 0 bridgehead atoms. The summed E-state index contributed by atoms with van der Waals surface area (Å²) in [7, 11) is 0. The zero-order valence-electron chi connectivity index (χ0n) is 9.72. The normalized spacial score (nSPS) is 9.35. The topological polar surface area (TPSA) is 55.1 Å². The molecule has 3 nitrogen and oxygen atoms in total. The van der Waals surface area contributed by atoms with E-state index in [1.165, 1.54) is 12.1 Å². The Morgan fingerprint density at radius 1 is 1.53 bits per heavy atom. The second-order valence-corrected chi connectivity index (χ2v) is 3.50. The van der Waals surface area contributed by atoms with Crippen LogP contribution in [0.3, 0.4) is 0 Å². The summed E-state index contributed by atoms with van der Waals surface area (Å²) in [6.45, 7) is 2.10. The van der Waals surface area contributed by atoms with Crippen LogP contribution in [0.1, 0.15) is 25.3 Å². The minimum absolute atomic E-state index is 0.118. The van der Waals surface area contributed by atoms with E-state index in [-0.39, 0.29) is 18.0 Å². The van der Waals surface area contributed by atoms with Gasteiger partial charge in [-0.05, 0) is 24.6 Å². The smallest absolute Gasteiger partial charge is 0.224 e. The van der Waals surface area contributed by atoms with Crippen LogP contribution >= 0.6 is 0 Å². The Balaban J connectivity index is 2.78. The number of hydrogen-bond donors (Lipinski definition) is 2. The Labute approximate surface area is 100 Å². The Morgan fingerprint density at radius 2 is 2.29 bits per heavy atom. The van der Waals surface area contributed by atoms with Crippen LogP contribution in [0.25, 0.3) is 0 Å². The molecule has 0 spiro atoms. The van der Waals surface area contributed by atoms with Crippen LogP contribution in [0.15, 0.2) is 18.2 Å². The number of carbonyl (C=O) groups is 1. The second-order valence-electron chi connectivity index (χ2n) is 3.50. The molecule has 3 N–H and O–H groups in total. The first-order valence-electron chi connectivity index (χ1n) is 5.45. The van der Waals surface area contributed by atoms with Crippen molar-refractivity contribution in [2.24, 2.45) is 5.73 Å². The molecule has 1 aromatic carbocycles. The van der Waals surface area contributed by atoms with Gasteiger partial charge in [0.05, 0.1) is 12.1 Å². The summed E-state index contributed by atoms with van der Waals surface area (Å²) in [5.74, 6) is 4.62. The first kappa shape index (κ1) is 13.2. The maximum Gasteiger partial charge on any atom is 0.224 e. The number of anilines is 1. The molecule has 0 saturated carbocycles. The average Bonchev–Trinajstić information content (AvgIpc) is 2.28. The number of rotatable bonds is 3. The van der Waals surface area contributed by atoms with Crippen molar-refractivity contribution >= 4 is 11.6 Å². The lowest BCUT2D eigenvalue weighted by Gasteiger charge is -2.04. The molecule has 0 atom stereocenters. The lowest BCUT2D eigenvalue weighted by Crippen LogP contribution is -2.10. The van der Waals surface area contributed by atoms with Crippen molar-refractivity contribution in [1.82, 2.24) is 0 Å². The molecular formula is C13H15FN2O. The van der Waals surface area contributed by atoms with Gasteiger partial charge in [0, 0.05) is 12.1 Å². The van der Waals surface area contributed by atoms with Gasteiger partial charge >= 0.3 is 0 Å². The van der Waals surface area contributed by atoms with Gasteiger partial charge in [-0.2, -0.15) is 0 Å². The van der Waals surface area contributed by atoms with Gasteiger partial charge in [-0.1, -0.05) is 18.8 Å². The molecule has 1 aromatic rings. The van der Waals surface area contributed by atoms with Crippen LogP contribution < -0.4 is 11.1 Å². The van der Waals surface area contributed by atoms with Crippen molar-refractivity contribution < 1.29 is 9.18 Å². The zero-order valence-corrected chi connectivity index (χ0v) is 9.72. The van der Waals surface area contributed by atoms with Crippen LogP contribution in [-0.2, 0) is 4.79 Å². The highest BCUT2D eigenvalue weighted by molar-refractivity contribution is 5.90. The summed E-state index contributed by atoms with van der Waals surface area (Å²) in [5.41, 5.74) is 5.93. The molecule has 0 aromatic heterocycles. The first-order valence-corrected chi connectivity index (χ1v) is 5.45. The second kappa shape index (κ2) is 6.66. The van der Waals surface area contributed by atoms with E-state index in [0.717, 1.165) is 6.42 Å². The Morgan fingerprint density at radius 3 is 2.88 bits per heavy atom. The lowest BCUT2D eigenvalue weighted by atomic mass is 10.2. The van der Waals surface area contributed by atoms with Crippen molar-refractivity contribution in [1.29, 1.82) is 0 Å². The van der Waals surface area contributed by atoms with Gasteiger partial charge in [-0.15, -0.1) is 0 Å². The maximum atomic E-state index is 13.5. The van der Waals surface area contributed by atoms with E-state index in [1.807, 2.05) is 6.92 Å². The highest BCUT2D eigenvalue weighted by atomic mass is 19.1. The molecule has 4 heteroatoms. The van der Waals surface area contributed by atoms with Gasteiger partial charge in [0.1, 0.15) is 5.82 Å². The summed E-state index contributed by atoms with van der Waals surface area (Å²) < 4.78 is 13.5. The molecule has 17 heavy (non-hydrogen) atoms. The quantitative estimate of drug-likeness (QED) is 0.784. The van der Waals surface area contributed by atoms with E-state index >= 15 is 0 Å². The fraction of sp³-hybridized carbons (Fsp3) is 0.308. The zero-order chi connectivity index (χ0) is 12.7. The molecule has 0 radical (unpaired) electrons. The summed E-state index contributed by atoms with van der Waals surface area (Å²) in [5, 5.41) is 2.62. The molecule has 0 aliphatic rings. The summed E-state index contributed by atoms with van der Waals surface area (Å²) in [6.07, 6.45) is 1.19. The van der Waals surface area contributed by atoms with Gasteiger partial charge in [0.15, 0.2) is 0 Å². The Hall–Kier alpha value is -1.86. The maximum absolute atomic E-state index is 13.5. The monoisotopic (exact) mass is 234 g/mol. The molecular weight excluding hydrogens is 219 g/mol. The minimum atomic E-state index is -0.458. The number of amides is 1. The molecule has 0 aliphatic heterocycles. The van der Waals surface area contributed by atoms with Crippen LogP contribution in [0.2, 0.25) is 0 Å². The number of nitrogens with two attached hydrogens (primary N) is 1. The van der Waals surface area contributed by atoms with Gasteiger partial charge in [-0.3, -0.25) is 4.79 Å². The third-order valence-corrected chi connectivity index (χ3v) is 2.06. The highest BCUT2D eigenvalue weighted by Crippen LogP contribution is 2.14. The van der Waals surface area contributed by atoms with Crippen LogP contribution in [-0.4, -0.2) is 12.5 Å². The molecule has 0 aliphatic carbocycles. The third kappa shape index (κ3) is 4.25. The molecule has 90 valence electrons. The summed E-state index contributed by atoms with van der Waals surface area (Å²) >= 11 is 0. The van der Waals surface area contributed by atoms with E-state index in [1.54, 1.807) is 6.07 Å². The van der Waals surface area contributed by atoms with Gasteiger partial charge in [-0.25, -0.2) is 4.39 Å². The highest BCUT2D eigenvalue weighted by Gasteiger charge is 2.04.